The van der Waals surface area contributed by atoms with E-state index in [0.29, 0.717) is 12.3 Å². The fraction of sp³-hybridized carbons (Fsp3) is 0.167. The topological polar surface area (TPSA) is 30.7 Å². The average molecular weight is 358 g/mol. The molecule has 0 amide bonds. The Kier molecular flexibility index (Phi) is 4.03. The molecule has 3 aromatic rings. The Morgan fingerprint density at radius 3 is 2.73 bits per heavy atom. The number of aromatic nitrogens is 1. The standard InChI is InChI=1S/C18H16BrNO2/c1-3-22-13-6-7-14(16(19)9-13)15-10-17-12(2)5-4-8-20(17)18(15)11-21/h4-11H,3H2,1-2H3. The number of pyridine rings is 1. The fourth-order valence-corrected chi connectivity index (χ4v) is 3.24. The minimum Gasteiger partial charge on any atom is -0.494 e. The van der Waals surface area contributed by atoms with Gasteiger partial charge in [0.05, 0.1) is 12.3 Å². The molecule has 0 bridgehead atoms. The summed E-state index contributed by atoms with van der Waals surface area (Å²) in [7, 11) is 0. The number of aryl methyl sites for hydroxylation is 1. The molecule has 112 valence electrons. The van der Waals surface area contributed by atoms with Gasteiger partial charge in [0, 0.05) is 21.7 Å². The van der Waals surface area contributed by atoms with Gasteiger partial charge in [-0.2, -0.15) is 0 Å². The second-order valence-corrected chi connectivity index (χ2v) is 5.94. The molecule has 0 fully saturated rings. The van der Waals surface area contributed by atoms with Crippen LogP contribution in [0.3, 0.4) is 0 Å². The van der Waals surface area contributed by atoms with E-state index in [9.17, 15) is 4.79 Å². The van der Waals surface area contributed by atoms with Gasteiger partial charge in [-0.25, -0.2) is 0 Å². The quantitative estimate of drug-likeness (QED) is 0.622. The molecule has 0 aliphatic carbocycles. The minimum atomic E-state index is 0.626. The van der Waals surface area contributed by atoms with Gasteiger partial charge in [-0.05, 0) is 55.3 Å². The number of hydrogen-bond donors (Lipinski definition) is 0. The molecule has 22 heavy (non-hydrogen) atoms. The first-order valence-corrected chi connectivity index (χ1v) is 7.93. The van der Waals surface area contributed by atoms with Crippen molar-refractivity contribution < 1.29 is 9.53 Å². The van der Waals surface area contributed by atoms with E-state index in [1.807, 2.05) is 54.8 Å². The van der Waals surface area contributed by atoms with Crippen molar-refractivity contribution in [3.05, 3.63) is 58.3 Å². The van der Waals surface area contributed by atoms with Gasteiger partial charge in [0.15, 0.2) is 6.29 Å². The Labute approximate surface area is 137 Å². The summed E-state index contributed by atoms with van der Waals surface area (Å²) in [5.41, 5.74) is 4.73. The van der Waals surface area contributed by atoms with Crippen LogP contribution in [0, 0.1) is 6.92 Å². The molecule has 0 atom stereocenters. The molecular formula is C18H16BrNO2. The lowest BCUT2D eigenvalue weighted by Gasteiger charge is -2.08. The summed E-state index contributed by atoms with van der Waals surface area (Å²) < 4.78 is 8.35. The highest BCUT2D eigenvalue weighted by Crippen LogP contribution is 2.35. The lowest BCUT2D eigenvalue weighted by atomic mass is 10.1. The molecule has 0 spiro atoms. The maximum atomic E-state index is 11.6. The Balaban J connectivity index is 2.22. The van der Waals surface area contributed by atoms with Crippen molar-refractivity contribution in [1.82, 2.24) is 4.40 Å². The van der Waals surface area contributed by atoms with Crippen LogP contribution in [0.15, 0.2) is 47.1 Å². The third-order valence-corrected chi connectivity index (χ3v) is 4.37. The van der Waals surface area contributed by atoms with E-state index in [1.54, 1.807) is 0 Å². The van der Waals surface area contributed by atoms with Gasteiger partial charge >= 0.3 is 0 Å². The van der Waals surface area contributed by atoms with E-state index in [-0.39, 0.29) is 0 Å². The first kappa shape index (κ1) is 14.9. The van der Waals surface area contributed by atoms with Crippen LogP contribution in [0.25, 0.3) is 16.6 Å². The van der Waals surface area contributed by atoms with Crippen LogP contribution in [0.2, 0.25) is 0 Å². The number of halogens is 1. The number of carbonyl (C=O) groups excluding carboxylic acids is 1. The summed E-state index contributed by atoms with van der Waals surface area (Å²) in [6, 6.07) is 11.9. The summed E-state index contributed by atoms with van der Waals surface area (Å²) >= 11 is 3.59. The van der Waals surface area contributed by atoms with Gasteiger partial charge in [-0.15, -0.1) is 0 Å². The highest BCUT2D eigenvalue weighted by Gasteiger charge is 2.15. The Hall–Kier alpha value is -2.07. The second kappa shape index (κ2) is 5.97. The lowest BCUT2D eigenvalue weighted by Crippen LogP contribution is -1.94. The first-order valence-electron chi connectivity index (χ1n) is 7.14. The molecule has 3 nitrogen and oxygen atoms in total. The van der Waals surface area contributed by atoms with E-state index in [4.69, 9.17) is 4.74 Å². The van der Waals surface area contributed by atoms with E-state index in [2.05, 4.69) is 22.0 Å². The van der Waals surface area contributed by atoms with Gasteiger partial charge in [0.25, 0.3) is 0 Å². The molecular weight excluding hydrogens is 342 g/mol. The molecule has 0 unspecified atom stereocenters. The number of aldehydes is 1. The molecule has 2 heterocycles. The normalized spacial score (nSPS) is 10.9. The zero-order chi connectivity index (χ0) is 15.7. The Morgan fingerprint density at radius 1 is 1.23 bits per heavy atom. The molecule has 3 rings (SSSR count). The lowest BCUT2D eigenvalue weighted by molar-refractivity contribution is 0.111. The van der Waals surface area contributed by atoms with E-state index in [1.165, 1.54) is 0 Å². The van der Waals surface area contributed by atoms with Gasteiger partial charge in [0.1, 0.15) is 5.75 Å². The summed E-state index contributed by atoms with van der Waals surface area (Å²) in [5.74, 6) is 0.811. The highest BCUT2D eigenvalue weighted by molar-refractivity contribution is 9.10. The third-order valence-electron chi connectivity index (χ3n) is 3.71. The number of ether oxygens (including phenoxy) is 1. The monoisotopic (exact) mass is 357 g/mol. The molecule has 0 aliphatic rings. The highest BCUT2D eigenvalue weighted by atomic mass is 79.9. The van der Waals surface area contributed by atoms with Crippen LogP contribution in [-0.2, 0) is 0 Å². The summed E-state index contributed by atoms with van der Waals surface area (Å²) in [4.78, 5) is 11.6. The smallest absolute Gasteiger partial charge is 0.167 e. The SMILES string of the molecule is CCOc1ccc(-c2cc3c(C)cccn3c2C=O)c(Br)c1. The zero-order valence-electron chi connectivity index (χ0n) is 12.5. The Bertz CT molecular complexity index is 852. The maximum absolute atomic E-state index is 11.6. The minimum absolute atomic E-state index is 0.626. The number of hydrogen-bond acceptors (Lipinski definition) is 2. The van der Waals surface area contributed by atoms with Crippen LogP contribution in [0.5, 0.6) is 5.75 Å². The van der Waals surface area contributed by atoms with Gasteiger partial charge in [0.2, 0.25) is 0 Å². The van der Waals surface area contributed by atoms with Crippen molar-refractivity contribution >= 4 is 27.7 Å². The van der Waals surface area contributed by atoms with Crippen LogP contribution in [0.1, 0.15) is 23.0 Å². The van der Waals surface area contributed by atoms with E-state index >= 15 is 0 Å². The second-order valence-electron chi connectivity index (χ2n) is 5.08. The summed E-state index contributed by atoms with van der Waals surface area (Å²) in [6.45, 7) is 4.62. The number of benzene rings is 1. The average Bonchev–Trinajstić information content (AvgIpc) is 2.87. The van der Waals surface area contributed by atoms with Crippen molar-refractivity contribution in [1.29, 1.82) is 0 Å². The first-order chi connectivity index (χ1) is 10.7. The molecule has 4 heteroatoms. The van der Waals surface area contributed by atoms with Crippen LogP contribution in [0.4, 0.5) is 0 Å². The van der Waals surface area contributed by atoms with Gasteiger partial charge in [-0.1, -0.05) is 22.0 Å². The zero-order valence-corrected chi connectivity index (χ0v) is 14.1. The molecule has 0 aliphatic heterocycles. The molecule has 1 aromatic carbocycles. The summed E-state index contributed by atoms with van der Waals surface area (Å²) in [6.07, 6.45) is 2.82. The van der Waals surface area contributed by atoms with Crippen LogP contribution in [-0.4, -0.2) is 17.3 Å². The number of rotatable bonds is 4. The Morgan fingerprint density at radius 2 is 2.05 bits per heavy atom. The van der Waals surface area contributed by atoms with Gasteiger partial charge in [-0.3, -0.25) is 4.79 Å². The molecule has 0 N–H and O–H groups in total. The van der Waals surface area contributed by atoms with Gasteiger partial charge < -0.3 is 9.14 Å². The van der Waals surface area contributed by atoms with Crippen molar-refractivity contribution in [2.24, 2.45) is 0 Å². The molecule has 0 radical (unpaired) electrons. The predicted octanol–water partition coefficient (Wildman–Crippen LogP) is 4.89. The van der Waals surface area contributed by atoms with Crippen molar-refractivity contribution in [3.8, 4) is 16.9 Å². The maximum Gasteiger partial charge on any atom is 0.167 e. The molecule has 0 saturated carbocycles. The van der Waals surface area contributed by atoms with E-state index in [0.717, 1.165) is 38.7 Å². The summed E-state index contributed by atoms with van der Waals surface area (Å²) in [5, 5.41) is 0. The van der Waals surface area contributed by atoms with Crippen molar-refractivity contribution in [3.63, 3.8) is 0 Å². The fourth-order valence-electron chi connectivity index (χ4n) is 2.67. The van der Waals surface area contributed by atoms with Crippen LogP contribution >= 0.6 is 15.9 Å². The molecule has 0 saturated heterocycles. The third kappa shape index (κ3) is 2.44. The predicted molar refractivity (Wildman–Crippen MR) is 91.8 cm³/mol. The largest absolute Gasteiger partial charge is 0.494 e. The van der Waals surface area contributed by atoms with Crippen LogP contribution < -0.4 is 4.74 Å². The number of carbonyl (C=O) groups is 1. The number of nitrogens with zero attached hydrogens (tertiary/aromatic N) is 1. The van der Waals surface area contributed by atoms with E-state index < -0.39 is 0 Å². The molecule has 2 aromatic heterocycles. The van der Waals surface area contributed by atoms with Crippen molar-refractivity contribution in [2.45, 2.75) is 13.8 Å². The van der Waals surface area contributed by atoms with Crippen molar-refractivity contribution in [2.75, 3.05) is 6.61 Å². The number of fused-ring (bicyclic) bond motifs is 1.